The van der Waals surface area contributed by atoms with Gasteiger partial charge in [0.25, 0.3) is 0 Å². The first kappa shape index (κ1) is 13.8. The maximum Gasteiger partial charge on any atom is 0.241 e. The van der Waals surface area contributed by atoms with Crippen molar-refractivity contribution in [3.05, 3.63) is 70.8 Å². The van der Waals surface area contributed by atoms with E-state index in [0.717, 1.165) is 17.5 Å². The van der Waals surface area contributed by atoms with Crippen molar-refractivity contribution >= 4 is 5.91 Å². The second kappa shape index (κ2) is 5.70. The zero-order valence-corrected chi connectivity index (χ0v) is 12.2. The molecule has 2 aromatic rings. The van der Waals surface area contributed by atoms with Crippen LogP contribution in [0.15, 0.2) is 48.5 Å². The second-order valence-electron chi connectivity index (χ2n) is 5.73. The molecule has 3 heteroatoms. The highest BCUT2D eigenvalue weighted by Crippen LogP contribution is 2.34. The van der Waals surface area contributed by atoms with Crippen molar-refractivity contribution in [3.63, 3.8) is 0 Å². The molecule has 2 atom stereocenters. The van der Waals surface area contributed by atoms with Gasteiger partial charge in [0.1, 0.15) is 6.04 Å². The van der Waals surface area contributed by atoms with Gasteiger partial charge >= 0.3 is 0 Å². The number of benzene rings is 2. The molecule has 2 aromatic carbocycles. The molecule has 3 rings (SSSR count). The Hall–Kier alpha value is -2.13. The van der Waals surface area contributed by atoms with Crippen LogP contribution >= 0.6 is 0 Å². The number of rotatable bonds is 4. The third kappa shape index (κ3) is 2.83. The van der Waals surface area contributed by atoms with E-state index in [1.807, 2.05) is 37.3 Å². The lowest BCUT2D eigenvalue weighted by atomic mass is 9.77. The van der Waals surface area contributed by atoms with Gasteiger partial charge in [-0.05, 0) is 30.0 Å². The minimum atomic E-state index is -0.596. The minimum absolute atomic E-state index is 0.108. The first-order valence-corrected chi connectivity index (χ1v) is 7.33. The Morgan fingerprint density at radius 3 is 2.67 bits per heavy atom. The Morgan fingerprint density at radius 2 is 1.95 bits per heavy atom. The van der Waals surface area contributed by atoms with Crippen molar-refractivity contribution in [2.75, 3.05) is 6.54 Å². The summed E-state index contributed by atoms with van der Waals surface area (Å²) >= 11 is 0. The molecule has 0 aromatic heterocycles. The number of fused-ring (bicyclic) bond motifs is 1. The summed E-state index contributed by atoms with van der Waals surface area (Å²) in [7, 11) is 0. The maximum atomic E-state index is 12.1. The largest absolute Gasteiger partial charge is 0.354 e. The molecule has 1 amide bonds. The highest BCUT2D eigenvalue weighted by molar-refractivity contribution is 5.83. The molecular weight excluding hydrogens is 260 g/mol. The number of amides is 1. The average molecular weight is 280 g/mol. The van der Waals surface area contributed by atoms with E-state index in [1.165, 1.54) is 11.1 Å². The van der Waals surface area contributed by atoms with Gasteiger partial charge in [-0.2, -0.15) is 0 Å². The third-order valence-electron chi connectivity index (χ3n) is 4.20. The van der Waals surface area contributed by atoms with Crippen molar-refractivity contribution in [2.24, 2.45) is 5.73 Å². The summed E-state index contributed by atoms with van der Waals surface area (Å²) in [4.78, 5) is 12.1. The smallest absolute Gasteiger partial charge is 0.241 e. The molecule has 0 aliphatic heterocycles. The topological polar surface area (TPSA) is 55.1 Å². The second-order valence-corrected chi connectivity index (χ2v) is 5.73. The van der Waals surface area contributed by atoms with Crippen LogP contribution in [0.3, 0.4) is 0 Å². The third-order valence-corrected chi connectivity index (χ3v) is 4.20. The number of hydrogen-bond donors (Lipinski definition) is 2. The lowest BCUT2D eigenvalue weighted by Crippen LogP contribution is -2.38. The number of hydrogen-bond acceptors (Lipinski definition) is 2. The van der Waals surface area contributed by atoms with E-state index in [4.69, 9.17) is 5.73 Å². The molecule has 0 heterocycles. The summed E-state index contributed by atoms with van der Waals surface area (Å²) in [5, 5.41) is 2.97. The fraction of sp³-hybridized carbons (Fsp3) is 0.278. The zero-order chi connectivity index (χ0) is 14.8. The molecule has 1 aliphatic carbocycles. The lowest BCUT2D eigenvalue weighted by molar-refractivity contribution is -0.122. The predicted molar refractivity (Wildman–Crippen MR) is 84.0 cm³/mol. The fourth-order valence-electron chi connectivity index (χ4n) is 2.80. The highest BCUT2D eigenvalue weighted by Gasteiger charge is 2.26. The molecule has 2 unspecified atom stereocenters. The SMILES string of the molecule is Cc1ccc(C(N)C(=O)NCC2Cc3ccccc32)cc1. The molecule has 3 nitrogen and oxygen atoms in total. The first-order valence-electron chi connectivity index (χ1n) is 7.33. The number of nitrogens with one attached hydrogen (secondary N) is 1. The number of carbonyl (C=O) groups excluding carboxylic acids is 1. The molecular formula is C18H20N2O. The Labute approximate surface area is 125 Å². The van der Waals surface area contributed by atoms with Crippen LogP contribution in [0.5, 0.6) is 0 Å². The van der Waals surface area contributed by atoms with Gasteiger partial charge in [0.2, 0.25) is 5.91 Å². The van der Waals surface area contributed by atoms with Gasteiger partial charge in [-0.25, -0.2) is 0 Å². The van der Waals surface area contributed by atoms with E-state index < -0.39 is 6.04 Å². The summed E-state index contributed by atoms with van der Waals surface area (Å²) in [6.45, 7) is 2.68. The molecule has 0 fully saturated rings. The molecule has 0 saturated heterocycles. The number of nitrogens with two attached hydrogens (primary N) is 1. The zero-order valence-electron chi connectivity index (χ0n) is 12.2. The number of carbonyl (C=O) groups is 1. The van der Waals surface area contributed by atoms with Crippen molar-refractivity contribution < 1.29 is 4.79 Å². The lowest BCUT2D eigenvalue weighted by Gasteiger charge is -2.30. The van der Waals surface area contributed by atoms with E-state index in [9.17, 15) is 4.79 Å². The highest BCUT2D eigenvalue weighted by atomic mass is 16.2. The van der Waals surface area contributed by atoms with Gasteiger partial charge in [0, 0.05) is 12.5 Å². The monoisotopic (exact) mass is 280 g/mol. The normalized spacial score (nSPS) is 17.5. The van der Waals surface area contributed by atoms with E-state index >= 15 is 0 Å². The van der Waals surface area contributed by atoms with Crippen LogP contribution in [0.4, 0.5) is 0 Å². The Kier molecular flexibility index (Phi) is 3.76. The van der Waals surface area contributed by atoms with Crippen LogP contribution < -0.4 is 11.1 Å². The van der Waals surface area contributed by atoms with Gasteiger partial charge in [-0.3, -0.25) is 4.79 Å². The summed E-state index contributed by atoms with van der Waals surface area (Å²) < 4.78 is 0. The minimum Gasteiger partial charge on any atom is -0.354 e. The van der Waals surface area contributed by atoms with E-state index in [1.54, 1.807) is 0 Å². The van der Waals surface area contributed by atoms with E-state index in [-0.39, 0.29) is 5.91 Å². The quantitative estimate of drug-likeness (QED) is 0.904. The van der Waals surface area contributed by atoms with E-state index in [0.29, 0.717) is 12.5 Å². The van der Waals surface area contributed by atoms with Crippen molar-refractivity contribution in [3.8, 4) is 0 Å². The molecule has 21 heavy (non-hydrogen) atoms. The standard InChI is InChI=1S/C18H20N2O/c1-12-6-8-13(9-7-12)17(19)18(21)20-11-15-10-14-4-2-3-5-16(14)15/h2-9,15,17H,10-11,19H2,1H3,(H,20,21). The Bertz CT molecular complexity index is 649. The summed E-state index contributed by atoms with van der Waals surface area (Å²) in [5.41, 5.74) is 10.8. The molecule has 0 saturated carbocycles. The van der Waals surface area contributed by atoms with Crippen LogP contribution in [-0.4, -0.2) is 12.5 Å². The van der Waals surface area contributed by atoms with Crippen LogP contribution in [0.2, 0.25) is 0 Å². The van der Waals surface area contributed by atoms with Gasteiger partial charge in [-0.15, -0.1) is 0 Å². The predicted octanol–water partition coefficient (Wildman–Crippen LogP) is 2.45. The molecule has 0 bridgehead atoms. The summed E-state index contributed by atoms with van der Waals surface area (Å²) in [5.74, 6) is 0.318. The maximum absolute atomic E-state index is 12.1. The van der Waals surface area contributed by atoms with Gasteiger partial charge in [0.15, 0.2) is 0 Å². The summed E-state index contributed by atoms with van der Waals surface area (Å²) in [6.07, 6.45) is 1.04. The van der Waals surface area contributed by atoms with Crippen LogP contribution in [0.25, 0.3) is 0 Å². The van der Waals surface area contributed by atoms with Crippen LogP contribution in [-0.2, 0) is 11.2 Å². The van der Waals surface area contributed by atoms with Crippen LogP contribution in [0, 0.1) is 6.92 Å². The van der Waals surface area contributed by atoms with Gasteiger partial charge in [0.05, 0.1) is 0 Å². The van der Waals surface area contributed by atoms with Crippen molar-refractivity contribution in [2.45, 2.75) is 25.3 Å². The van der Waals surface area contributed by atoms with E-state index in [2.05, 4.69) is 23.5 Å². The van der Waals surface area contributed by atoms with Crippen molar-refractivity contribution in [1.29, 1.82) is 0 Å². The summed E-state index contributed by atoms with van der Waals surface area (Å²) in [6, 6.07) is 15.6. The Morgan fingerprint density at radius 1 is 1.24 bits per heavy atom. The fourth-order valence-corrected chi connectivity index (χ4v) is 2.80. The Balaban J connectivity index is 1.56. The van der Waals surface area contributed by atoms with Gasteiger partial charge in [-0.1, -0.05) is 54.1 Å². The molecule has 0 radical (unpaired) electrons. The van der Waals surface area contributed by atoms with Gasteiger partial charge < -0.3 is 11.1 Å². The average Bonchev–Trinajstić information content (AvgIpc) is 2.48. The molecule has 108 valence electrons. The molecule has 0 spiro atoms. The number of aryl methyl sites for hydroxylation is 1. The van der Waals surface area contributed by atoms with Crippen LogP contribution in [0.1, 0.15) is 34.2 Å². The molecule has 1 aliphatic rings. The molecule has 3 N–H and O–H groups in total. The van der Waals surface area contributed by atoms with Crippen molar-refractivity contribution in [1.82, 2.24) is 5.32 Å². The first-order chi connectivity index (χ1) is 10.1.